The van der Waals surface area contributed by atoms with Crippen molar-refractivity contribution in [3.8, 4) is 11.5 Å². The molecule has 0 aliphatic heterocycles. The van der Waals surface area contributed by atoms with E-state index in [9.17, 15) is 15.0 Å². The number of phenolic OH excluding ortho intramolecular Hbond substituents is 2. The summed E-state index contributed by atoms with van der Waals surface area (Å²) in [5, 5.41) is 19.1. The minimum atomic E-state index is -0.199. The minimum absolute atomic E-state index is 0.0530. The number of nitrogens with two attached hydrogens (primary N) is 1. The van der Waals surface area contributed by atoms with Crippen LogP contribution in [0.5, 0.6) is 11.5 Å². The van der Waals surface area contributed by atoms with E-state index in [-0.39, 0.29) is 29.0 Å². The van der Waals surface area contributed by atoms with Crippen molar-refractivity contribution >= 4 is 5.91 Å². The van der Waals surface area contributed by atoms with Crippen molar-refractivity contribution in [3.63, 3.8) is 0 Å². The molecule has 5 heteroatoms. The number of amides is 1. The number of aromatic hydroxyl groups is 2. The predicted octanol–water partition coefficient (Wildman–Crippen LogP) is 1.69. The Hall–Kier alpha value is -1.75. The van der Waals surface area contributed by atoms with Crippen molar-refractivity contribution < 1.29 is 15.0 Å². The van der Waals surface area contributed by atoms with Gasteiger partial charge >= 0.3 is 0 Å². The summed E-state index contributed by atoms with van der Waals surface area (Å²) in [7, 11) is 0. The zero-order valence-corrected chi connectivity index (χ0v) is 11.7. The molecule has 1 saturated carbocycles. The Morgan fingerprint density at radius 2 is 2.15 bits per heavy atom. The van der Waals surface area contributed by atoms with Crippen LogP contribution in [0.2, 0.25) is 0 Å². The summed E-state index contributed by atoms with van der Waals surface area (Å²) >= 11 is 0. The molecule has 110 valence electrons. The zero-order valence-electron chi connectivity index (χ0n) is 11.7. The molecule has 0 saturated heterocycles. The van der Waals surface area contributed by atoms with Gasteiger partial charge in [-0.15, -0.1) is 0 Å². The van der Waals surface area contributed by atoms with E-state index in [1.807, 2.05) is 6.92 Å². The third-order valence-corrected chi connectivity index (χ3v) is 4.14. The topological polar surface area (TPSA) is 86.8 Å². The lowest BCUT2D eigenvalue weighted by atomic mass is 10.0. The van der Waals surface area contributed by atoms with Crippen LogP contribution in [0, 0.1) is 5.92 Å². The van der Waals surface area contributed by atoms with E-state index in [1.54, 1.807) is 4.90 Å². The molecule has 2 rings (SSSR count). The van der Waals surface area contributed by atoms with Crippen molar-refractivity contribution in [2.45, 2.75) is 32.2 Å². The highest BCUT2D eigenvalue weighted by Gasteiger charge is 2.34. The smallest absolute Gasteiger partial charge is 0.257 e. The van der Waals surface area contributed by atoms with Crippen LogP contribution >= 0.6 is 0 Å². The fourth-order valence-electron chi connectivity index (χ4n) is 3.09. The summed E-state index contributed by atoms with van der Waals surface area (Å²) in [5.41, 5.74) is 6.01. The molecule has 1 aliphatic carbocycles. The molecule has 0 heterocycles. The first-order valence-corrected chi connectivity index (χ1v) is 7.11. The van der Waals surface area contributed by atoms with Crippen molar-refractivity contribution in [2.24, 2.45) is 11.7 Å². The Morgan fingerprint density at radius 1 is 1.40 bits per heavy atom. The fraction of sp³-hybridized carbons (Fsp3) is 0.533. The third-order valence-electron chi connectivity index (χ3n) is 4.14. The first kappa shape index (κ1) is 14.7. The summed E-state index contributed by atoms with van der Waals surface area (Å²) < 4.78 is 0. The van der Waals surface area contributed by atoms with Gasteiger partial charge in [0.25, 0.3) is 5.91 Å². The van der Waals surface area contributed by atoms with Crippen LogP contribution in [0.3, 0.4) is 0 Å². The number of benzene rings is 1. The van der Waals surface area contributed by atoms with E-state index < -0.39 is 0 Å². The molecular formula is C15H22N2O3. The number of carbonyl (C=O) groups excluding carboxylic acids is 1. The normalized spacial score (nSPS) is 21.9. The molecule has 0 radical (unpaired) electrons. The molecule has 20 heavy (non-hydrogen) atoms. The van der Waals surface area contributed by atoms with Gasteiger partial charge in [-0.25, -0.2) is 0 Å². The van der Waals surface area contributed by atoms with Gasteiger partial charge in [-0.1, -0.05) is 6.42 Å². The summed E-state index contributed by atoms with van der Waals surface area (Å²) in [6, 6.07) is 4.21. The molecule has 0 aromatic heterocycles. The SMILES string of the molecule is CCN(C(=O)c1ccc(O)cc1O)C1CCCC1CN. The van der Waals surface area contributed by atoms with Crippen LogP contribution in [-0.4, -0.2) is 40.2 Å². The van der Waals surface area contributed by atoms with E-state index in [0.29, 0.717) is 19.0 Å². The average Bonchev–Trinajstić information content (AvgIpc) is 2.87. The van der Waals surface area contributed by atoms with E-state index in [0.717, 1.165) is 19.3 Å². The molecule has 1 fully saturated rings. The van der Waals surface area contributed by atoms with Gasteiger partial charge in [0.2, 0.25) is 0 Å². The summed E-state index contributed by atoms with van der Waals surface area (Å²) in [4.78, 5) is 14.4. The Labute approximate surface area is 119 Å². The van der Waals surface area contributed by atoms with Crippen LogP contribution < -0.4 is 5.73 Å². The number of hydrogen-bond acceptors (Lipinski definition) is 4. The predicted molar refractivity (Wildman–Crippen MR) is 76.7 cm³/mol. The lowest BCUT2D eigenvalue weighted by molar-refractivity contribution is 0.0649. The van der Waals surface area contributed by atoms with E-state index in [4.69, 9.17) is 5.73 Å². The average molecular weight is 278 g/mol. The van der Waals surface area contributed by atoms with Crippen LogP contribution in [0.4, 0.5) is 0 Å². The Bertz CT molecular complexity index is 490. The third kappa shape index (κ3) is 2.72. The Kier molecular flexibility index (Phi) is 4.49. The van der Waals surface area contributed by atoms with Crippen LogP contribution in [0.1, 0.15) is 36.5 Å². The molecule has 1 aromatic rings. The van der Waals surface area contributed by atoms with E-state index in [2.05, 4.69) is 0 Å². The first-order chi connectivity index (χ1) is 9.58. The molecule has 5 nitrogen and oxygen atoms in total. The second-order valence-corrected chi connectivity index (χ2v) is 5.29. The maximum absolute atomic E-state index is 12.6. The number of hydrogen-bond donors (Lipinski definition) is 3. The van der Waals surface area contributed by atoms with Crippen molar-refractivity contribution in [3.05, 3.63) is 23.8 Å². The van der Waals surface area contributed by atoms with Gasteiger partial charge in [0.15, 0.2) is 0 Å². The van der Waals surface area contributed by atoms with Gasteiger partial charge in [0, 0.05) is 18.7 Å². The highest BCUT2D eigenvalue weighted by molar-refractivity contribution is 5.97. The summed E-state index contributed by atoms with van der Waals surface area (Å²) in [5.74, 6) is -0.105. The molecule has 2 atom stereocenters. The van der Waals surface area contributed by atoms with Crippen LogP contribution in [-0.2, 0) is 0 Å². The maximum atomic E-state index is 12.6. The Morgan fingerprint density at radius 3 is 2.75 bits per heavy atom. The molecule has 0 bridgehead atoms. The molecule has 1 aromatic carbocycles. The van der Waals surface area contributed by atoms with Crippen LogP contribution in [0.15, 0.2) is 18.2 Å². The van der Waals surface area contributed by atoms with Gasteiger partial charge in [-0.2, -0.15) is 0 Å². The van der Waals surface area contributed by atoms with Crippen molar-refractivity contribution in [1.29, 1.82) is 0 Å². The van der Waals surface area contributed by atoms with Gasteiger partial charge in [0.05, 0.1) is 5.56 Å². The van der Waals surface area contributed by atoms with Crippen LogP contribution in [0.25, 0.3) is 0 Å². The molecular weight excluding hydrogens is 256 g/mol. The molecule has 1 amide bonds. The van der Waals surface area contributed by atoms with Gasteiger partial charge in [-0.3, -0.25) is 4.79 Å². The van der Waals surface area contributed by atoms with E-state index >= 15 is 0 Å². The highest BCUT2D eigenvalue weighted by Crippen LogP contribution is 2.32. The number of nitrogens with zero attached hydrogens (tertiary/aromatic N) is 1. The maximum Gasteiger partial charge on any atom is 0.257 e. The summed E-state index contributed by atoms with van der Waals surface area (Å²) in [6.45, 7) is 3.09. The molecule has 0 spiro atoms. The minimum Gasteiger partial charge on any atom is -0.508 e. The molecule has 4 N–H and O–H groups in total. The fourth-order valence-corrected chi connectivity index (χ4v) is 3.09. The van der Waals surface area contributed by atoms with Gasteiger partial charge in [-0.05, 0) is 44.4 Å². The zero-order chi connectivity index (χ0) is 14.7. The first-order valence-electron chi connectivity index (χ1n) is 7.11. The molecule has 2 unspecified atom stereocenters. The lowest BCUT2D eigenvalue weighted by Crippen LogP contribution is -2.44. The van der Waals surface area contributed by atoms with Crippen molar-refractivity contribution in [1.82, 2.24) is 4.90 Å². The second-order valence-electron chi connectivity index (χ2n) is 5.29. The van der Waals surface area contributed by atoms with Gasteiger partial charge in [0.1, 0.15) is 11.5 Å². The highest BCUT2D eigenvalue weighted by atomic mass is 16.3. The largest absolute Gasteiger partial charge is 0.508 e. The monoisotopic (exact) mass is 278 g/mol. The number of rotatable bonds is 4. The van der Waals surface area contributed by atoms with Crippen molar-refractivity contribution in [2.75, 3.05) is 13.1 Å². The quantitative estimate of drug-likeness (QED) is 0.782. The Balaban J connectivity index is 2.24. The van der Waals surface area contributed by atoms with E-state index in [1.165, 1.54) is 18.2 Å². The number of carbonyl (C=O) groups is 1. The number of phenols is 2. The second kappa shape index (κ2) is 6.13. The standard InChI is InChI=1S/C15H22N2O3/c1-2-17(13-5-3-4-10(13)9-16)15(20)12-7-6-11(18)8-14(12)19/h6-8,10,13,18-19H,2-5,9,16H2,1H3. The molecule has 1 aliphatic rings. The van der Waals surface area contributed by atoms with Gasteiger partial charge < -0.3 is 20.8 Å². The lowest BCUT2D eigenvalue weighted by Gasteiger charge is -2.32. The summed E-state index contributed by atoms with van der Waals surface area (Å²) in [6.07, 6.45) is 3.09.